The Hall–Kier alpha value is -2.49. The quantitative estimate of drug-likeness (QED) is 0.560. The van der Waals surface area contributed by atoms with Crippen LogP contribution in [0.25, 0.3) is 0 Å². The predicted molar refractivity (Wildman–Crippen MR) is 113 cm³/mol. The summed E-state index contributed by atoms with van der Waals surface area (Å²) in [6.45, 7) is 5.01. The third kappa shape index (κ3) is 4.42. The topological polar surface area (TPSA) is 68.5 Å². The molecule has 8 nitrogen and oxygen atoms in total. The smallest absolute Gasteiger partial charge is 0.173 e. The van der Waals surface area contributed by atoms with Crippen LogP contribution in [0.1, 0.15) is 16.7 Å². The summed E-state index contributed by atoms with van der Waals surface area (Å²) in [5.74, 6) is 1.76. The van der Waals surface area contributed by atoms with Gasteiger partial charge in [0.15, 0.2) is 5.82 Å². The monoisotopic (exact) mass is 414 g/mol. The van der Waals surface area contributed by atoms with E-state index >= 15 is 0 Å². The van der Waals surface area contributed by atoms with Crippen LogP contribution in [0, 0.1) is 0 Å². The van der Waals surface area contributed by atoms with E-state index in [-0.39, 0.29) is 6.04 Å². The maximum Gasteiger partial charge on any atom is 0.173 e. The minimum absolute atomic E-state index is 0.0554. The van der Waals surface area contributed by atoms with Crippen LogP contribution < -0.4 is 9.64 Å². The predicted octanol–water partition coefficient (Wildman–Crippen LogP) is 2.30. The number of benzene rings is 1. The first-order valence-corrected chi connectivity index (χ1v) is 10.6. The Labute approximate surface area is 174 Å². The van der Waals surface area contributed by atoms with Crippen molar-refractivity contribution in [3.8, 4) is 5.75 Å². The highest BCUT2D eigenvalue weighted by molar-refractivity contribution is 7.10. The maximum absolute atomic E-state index is 5.27. The van der Waals surface area contributed by atoms with Crippen molar-refractivity contribution in [1.82, 2.24) is 25.1 Å². The summed E-state index contributed by atoms with van der Waals surface area (Å²) in [5.41, 5.74) is 1.23. The van der Waals surface area contributed by atoms with E-state index in [4.69, 9.17) is 9.47 Å². The summed E-state index contributed by atoms with van der Waals surface area (Å²) in [5, 5.41) is 14.6. The summed E-state index contributed by atoms with van der Waals surface area (Å²) in [6.07, 6.45) is 0. The van der Waals surface area contributed by atoms with Gasteiger partial charge in [-0.3, -0.25) is 4.90 Å². The van der Waals surface area contributed by atoms with Crippen molar-refractivity contribution in [2.75, 3.05) is 51.9 Å². The molecular formula is C20H26N6O2S. The zero-order valence-corrected chi connectivity index (χ0v) is 17.6. The maximum atomic E-state index is 5.27. The van der Waals surface area contributed by atoms with Gasteiger partial charge in [-0.15, -0.1) is 16.4 Å². The number of methoxy groups -OCH3 is 2. The van der Waals surface area contributed by atoms with E-state index in [0.717, 1.165) is 37.8 Å². The molecule has 29 heavy (non-hydrogen) atoms. The van der Waals surface area contributed by atoms with Gasteiger partial charge in [-0.2, -0.15) is 0 Å². The number of aromatic nitrogens is 4. The van der Waals surface area contributed by atoms with Crippen molar-refractivity contribution in [2.45, 2.75) is 12.6 Å². The molecule has 4 rings (SSSR count). The number of hydrogen-bond donors (Lipinski definition) is 0. The van der Waals surface area contributed by atoms with Crippen molar-refractivity contribution >= 4 is 17.0 Å². The molecule has 1 aliphatic heterocycles. The molecule has 0 radical (unpaired) electrons. The molecule has 0 N–H and O–H groups in total. The van der Waals surface area contributed by atoms with Gasteiger partial charge in [-0.25, -0.2) is 4.68 Å². The SMILES string of the molecule is COCCn1nnnc1C(c1cccs1)N1CCN(c2ccc(OC)cc2)CC1. The molecular weight excluding hydrogens is 388 g/mol. The minimum Gasteiger partial charge on any atom is -0.497 e. The second kappa shape index (κ2) is 9.34. The highest BCUT2D eigenvalue weighted by Gasteiger charge is 2.31. The number of piperazine rings is 1. The molecule has 1 fully saturated rings. The first-order valence-electron chi connectivity index (χ1n) is 9.71. The second-order valence-electron chi connectivity index (χ2n) is 6.89. The standard InChI is InChI=1S/C20H26N6O2S/c1-27-14-13-26-20(21-22-23-26)19(18-4-3-15-29-18)25-11-9-24(10-12-25)16-5-7-17(28-2)8-6-16/h3-8,15,19H,9-14H2,1-2H3. The molecule has 1 aliphatic rings. The van der Waals surface area contributed by atoms with Crippen molar-refractivity contribution in [1.29, 1.82) is 0 Å². The molecule has 3 heterocycles. The van der Waals surface area contributed by atoms with Gasteiger partial charge in [0.2, 0.25) is 0 Å². The van der Waals surface area contributed by atoms with Crippen LogP contribution in [-0.2, 0) is 11.3 Å². The van der Waals surface area contributed by atoms with Gasteiger partial charge < -0.3 is 14.4 Å². The van der Waals surface area contributed by atoms with E-state index in [9.17, 15) is 0 Å². The molecule has 2 aromatic heterocycles. The van der Waals surface area contributed by atoms with Crippen molar-refractivity contribution in [3.05, 3.63) is 52.5 Å². The lowest BCUT2D eigenvalue weighted by atomic mass is 10.1. The van der Waals surface area contributed by atoms with Gasteiger partial charge in [0.1, 0.15) is 11.8 Å². The largest absolute Gasteiger partial charge is 0.497 e. The van der Waals surface area contributed by atoms with Crippen LogP contribution >= 0.6 is 11.3 Å². The molecule has 0 amide bonds. The van der Waals surface area contributed by atoms with Gasteiger partial charge >= 0.3 is 0 Å². The van der Waals surface area contributed by atoms with E-state index in [0.29, 0.717) is 13.2 Å². The number of hydrogen-bond acceptors (Lipinski definition) is 8. The van der Waals surface area contributed by atoms with Crippen molar-refractivity contribution in [2.24, 2.45) is 0 Å². The molecule has 0 spiro atoms. The van der Waals surface area contributed by atoms with Crippen LogP contribution in [0.15, 0.2) is 41.8 Å². The molecule has 154 valence electrons. The highest BCUT2D eigenvalue weighted by atomic mass is 32.1. The first-order chi connectivity index (χ1) is 14.3. The Balaban J connectivity index is 1.51. The average molecular weight is 415 g/mol. The lowest BCUT2D eigenvalue weighted by Crippen LogP contribution is -2.48. The van der Waals surface area contributed by atoms with Gasteiger partial charge in [-0.05, 0) is 46.1 Å². The fourth-order valence-corrected chi connectivity index (χ4v) is 4.55. The zero-order chi connectivity index (χ0) is 20.1. The van der Waals surface area contributed by atoms with Crippen LogP contribution in [0.3, 0.4) is 0 Å². The molecule has 0 aliphatic carbocycles. The Morgan fingerprint density at radius 1 is 1.07 bits per heavy atom. The van der Waals surface area contributed by atoms with E-state index in [1.54, 1.807) is 25.6 Å². The zero-order valence-electron chi connectivity index (χ0n) is 16.8. The average Bonchev–Trinajstić information content (AvgIpc) is 3.46. The lowest BCUT2D eigenvalue weighted by Gasteiger charge is -2.39. The third-order valence-electron chi connectivity index (χ3n) is 5.24. The Bertz CT molecular complexity index is 875. The number of anilines is 1. The molecule has 1 unspecified atom stereocenters. The van der Waals surface area contributed by atoms with Crippen LogP contribution in [-0.4, -0.2) is 72.1 Å². The second-order valence-corrected chi connectivity index (χ2v) is 7.87. The normalized spacial score (nSPS) is 16.1. The molecule has 0 saturated carbocycles. The van der Waals surface area contributed by atoms with Gasteiger partial charge in [0.05, 0.1) is 20.3 Å². The lowest BCUT2D eigenvalue weighted by molar-refractivity contribution is 0.172. The van der Waals surface area contributed by atoms with Gasteiger partial charge in [0.25, 0.3) is 0 Å². The van der Waals surface area contributed by atoms with E-state index in [1.807, 2.05) is 16.8 Å². The molecule has 9 heteroatoms. The first kappa shape index (κ1) is 19.8. The summed E-state index contributed by atoms with van der Waals surface area (Å²) in [7, 11) is 3.39. The van der Waals surface area contributed by atoms with E-state index in [1.165, 1.54) is 10.6 Å². The summed E-state index contributed by atoms with van der Waals surface area (Å²) in [6, 6.07) is 12.6. The summed E-state index contributed by atoms with van der Waals surface area (Å²) < 4.78 is 12.4. The number of nitrogens with zero attached hydrogens (tertiary/aromatic N) is 6. The molecule has 1 saturated heterocycles. The fraction of sp³-hybridized carbons (Fsp3) is 0.450. The van der Waals surface area contributed by atoms with Crippen LogP contribution in [0.2, 0.25) is 0 Å². The number of thiophene rings is 1. The number of rotatable bonds is 8. The fourth-order valence-electron chi connectivity index (χ4n) is 3.69. The van der Waals surface area contributed by atoms with Crippen LogP contribution in [0.4, 0.5) is 5.69 Å². The van der Waals surface area contributed by atoms with Gasteiger partial charge in [-0.1, -0.05) is 6.07 Å². The Kier molecular flexibility index (Phi) is 6.38. The highest BCUT2D eigenvalue weighted by Crippen LogP contribution is 2.32. The summed E-state index contributed by atoms with van der Waals surface area (Å²) in [4.78, 5) is 6.15. The summed E-state index contributed by atoms with van der Waals surface area (Å²) >= 11 is 1.75. The third-order valence-corrected chi connectivity index (χ3v) is 6.17. The number of tetrazole rings is 1. The minimum atomic E-state index is 0.0554. The van der Waals surface area contributed by atoms with E-state index < -0.39 is 0 Å². The van der Waals surface area contributed by atoms with Gasteiger partial charge in [0, 0.05) is 43.9 Å². The molecule has 1 aromatic carbocycles. The Morgan fingerprint density at radius 2 is 1.86 bits per heavy atom. The molecule has 0 bridgehead atoms. The molecule has 3 aromatic rings. The van der Waals surface area contributed by atoms with Crippen molar-refractivity contribution < 1.29 is 9.47 Å². The van der Waals surface area contributed by atoms with Crippen LogP contribution in [0.5, 0.6) is 5.75 Å². The van der Waals surface area contributed by atoms with Crippen molar-refractivity contribution in [3.63, 3.8) is 0 Å². The van der Waals surface area contributed by atoms with E-state index in [2.05, 4.69) is 55.0 Å². The Morgan fingerprint density at radius 3 is 2.52 bits per heavy atom. The molecule has 1 atom stereocenters. The number of ether oxygens (including phenoxy) is 2.